The van der Waals surface area contributed by atoms with E-state index in [4.69, 9.17) is 0 Å². The first-order valence-corrected chi connectivity index (χ1v) is 6.39. The molecule has 0 fully saturated rings. The van der Waals surface area contributed by atoms with Gasteiger partial charge >= 0.3 is 15.2 Å². The Hall–Kier alpha value is -0.208. The van der Waals surface area contributed by atoms with Crippen molar-refractivity contribution in [2.75, 3.05) is 0 Å². The Morgan fingerprint density at radius 1 is 1.00 bits per heavy atom. The maximum atomic E-state index is 4.24. The van der Waals surface area contributed by atoms with Crippen LogP contribution in [0.1, 0.15) is 0 Å². The summed E-state index contributed by atoms with van der Waals surface area (Å²) in [7, 11) is 0. The minimum Gasteiger partial charge on any atom is -0.269 e. The first-order valence-electron chi connectivity index (χ1n) is 3.22. The molecule has 0 saturated carbocycles. The molecular formula is C6H5AlN2S2. The summed E-state index contributed by atoms with van der Waals surface area (Å²) in [6.45, 7) is 0. The monoisotopic (exact) mass is 196 g/mol. The summed E-state index contributed by atoms with van der Waals surface area (Å²) < 4.78 is 2.56. The van der Waals surface area contributed by atoms with Crippen LogP contribution in [-0.2, 0) is 0 Å². The summed E-state index contributed by atoms with van der Waals surface area (Å²) in [6, 6.07) is 0. The van der Waals surface area contributed by atoms with E-state index in [9.17, 15) is 0 Å². The van der Waals surface area contributed by atoms with Gasteiger partial charge in [-0.2, -0.15) is 0 Å². The highest BCUT2D eigenvalue weighted by atomic mass is 32.1. The molecule has 0 aliphatic carbocycles. The van der Waals surface area contributed by atoms with Gasteiger partial charge < -0.3 is 0 Å². The van der Waals surface area contributed by atoms with E-state index in [0.29, 0.717) is 0 Å². The number of nitrogens with zero attached hydrogens (tertiary/aromatic N) is 2. The summed E-state index contributed by atoms with van der Waals surface area (Å²) in [5, 5.41) is 4.05. The van der Waals surface area contributed by atoms with Crippen molar-refractivity contribution >= 4 is 45.6 Å². The highest BCUT2D eigenvalue weighted by molar-refractivity contribution is 7.26. The zero-order chi connectivity index (χ0) is 7.52. The van der Waals surface area contributed by atoms with Crippen LogP contribution in [0, 0.1) is 0 Å². The van der Waals surface area contributed by atoms with E-state index in [-0.39, 0.29) is 15.2 Å². The first kappa shape index (κ1) is 7.44. The number of rotatable bonds is 2. The van der Waals surface area contributed by atoms with Gasteiger partial charge in [0.15, 0.2) is 0 Å². The molecule has 0 aromatic carbocycles. The van der Waals surface area contributed by atoms with Gasteiger partial charge in [0.1, 0.15) is 0 Å². The van der Waals surface area contributed by atoms with E-state index in [0.717, 1.165) is 0 Å². The molecule has 0 saturated heterocycles. The fourth-order valence-electron chi connectivity index (χ4n) is 0.810. The van der Waals surface area contributed by atoms with E-state index in [1.54, 1.807) is 22.7 Å². The second-order valence-electron chi connectivity index (χ2n) is 2.03. The Balaban J connectivity index is 2.14. The summed E-state index contributed by atoms with van der Waals surface area (Å²) in [6.07, 6.45) is 3.72. The fourth-order valence-corrected chi connectivity index (χ4v) is 4.60. The van der Waals surface area contributed by atoms with Crippen molar-refractivity contribution < 1.29 is 0 Å². The van der Waals surface area contributed by atoms with Crippen LogP contribution in [0.4, 0.5) is 0 Å². The van der Waals surface area contributed by atoms with Crippen LogP contribution < -0.4 is 7.74 Å². The molecule has 0 aliphatic heterocycles. The summed E-state index contributed by atoms with van der Waals surface area (Å²) in [4.78, 5) is 8.48. The molecule has 0 spiro atoms. The van der Waals surface area contributed by atoms with Crippen LogP contribution in [0.25, 0.3) is 0 Å². The number of aromatic nitrogens is 2. The van der Waals surface area contributed by atoms with Crippen molar-refractivity contribution in [2.45, 2.75) is 0 Å². The van der Waals surface area contributed by atoms with Crippen LogP contribution in [0.15, 0.2) is 23.2 Å². The zero-order valence-electron chi connectivity index (χ0n) is 5.73. The van der Waals surface area contributed by atoms with E-state index < -0.39 is 0 Å². The highest BCUT2D eigenvalue weighted by Gasteiger charge is 2.05. The number of hydrogen-bond donors (Lipinski definition) is 0. The Bertz CT molecular complexity index is 271. The van der Waals surface area contributed by atoms with E-state index in [1.807, 2.05) is 23.2 Å². The van der Waals surface area contributed by atoms with E-state index in [2.05, 4.69) is 9.97 Å². The molecule has 0 aliphatic rings. The number of thiazole rings is 2. The second kappa shape index (κ2) is 3.46. The zero-order valence-corrected chi connectivity index (χ0v) is 8.77. The number of hydrogen-bond acceptors (Lipinski definition) is 4. The summed E-state index contributed by atoms with van der Waals surface area (Å²) in [5.41, 5.74) is 0. The molecule has 2 nitrogen and oxygen atoms in total. The van der Waals surface area contributed by atoms with Crippen LogP contribution in [0.3, 0.4) is 0 Å². The summed E-state index contributed by atoms with van der Waals surface area (Å²) in [5.74, 6) is 0. The van der Waals surface area contributed by atoms with Gasteiger partial charge in [-0.15, -0.1) is 22.7 Å². The standard InChI is InChI=1S/2C3H2NS.Al.H/c2*1-2-5-3-4-1;;/h2*1-2H;;. The van der Waals surface area contributed by atoms with Crippen molar-refractivity contribution in [1.82, 2.24) is 9.97 Å². The van der Waals surface area contributed by atoms with Crippen LogP contribution in [-0.4, -0.2) is 25.2 Å². The quantitative estimate of drug-likeness (QED) is 0.631. The van der Waals surface area contributed by atoms with Gasteiger partial charge in [0.05, 0.1) is 0 Å². The third-order valence-electron chi connectivity index (χ3n) is 1.27. The molecule has 0 amide bonds. The Kier molecular flexibility index (Phi) is 2.34. The predicted octanol–water partition coefficient (Wildman–Crippen LogP) is -0.0131. The van der Waals surface area contributed by atoms with Gasteiger partial charge in [0.25, 0.3) is 0 Å². The lowest BCUT2D eigenvalue weighted by atomic mass is 11.0. The molecule has 0 N–H and O–H groups in total. The molecule has 0 radical (unpaired) electrons. The third-order valence-corrected chi connectivity index (χ3v) is 5.38. The van der Waals surface area contributed by atoms with E-state index >= 15 is 0 Å². The highest BCUT2D eigenvalue weighted by Crippen LogP contribution is 1.90. The minimum atomic E-state index is -0.335. The molecule has 5 heteroatoms. The molecule has 0 atom stereocenters. The van der Waals surface area contributed by atoms with Crippen molar-refractivity contribution in [1.29, 1.82) is 0 Å². The third kappa shape index (κ3) is 1.88. The Labute approximate surface area is 78.7 Å². The molecule has 11 heavy (non-hydrogen) atoms. The smallest absolute Gasteiger partial charge is 0.269 e. The van der Waals surface area contributed by atoms with Gasteiger partial charge in [-0.1, -0.05) is 0 Å². The lowest BCUT2D eigenvalue weighted by Crippen LogP contribution is -2.25. The second-order valence-corrected chi connectivity index (χ2v) is 6.70. The maximum Gasteiger partial charge on any atom is 0.416 e. The molecule has 0 bridgehead atoms. The van der Waals surface area contributed by atoms with Crippen LogP contribution in [0.2, 0.25) is 0 Å². The SMILES string of the molecule is c1cs[c]([AlH][c]2nccs2)n1. The first-order chi connectivity index (χ1) is 5.45. The normalized spacial score (nSPS) is 9.82. The molecular weight excluding hydrogens is 191 g/mol. The van der Waals surface area contributed by atoms with Gasteiger partial charge in [0.2, 0.25) is 0 Å². The van der Waals surface area contributed by atoms with Gasteiger partial charge in [0, 0.05) is 30.9 Å². The largest absolute Gasteiger partial charge is 0.416 e. The van der Waals surface area contributed by atoms with Gasteiger partial charge in [-0.25, -0.2) is 0 Å². The molecule has 2 aromatic heterocycles. The molecule has 2 aromatic rings. The lowest BCUT2D eigenvalue weighted by Gasteiger charge is -1.83. The van der Waals surface area contributed by atoms with Crippen LogP contribution >= 0.6 is 22.7 Å². The lowest BCUT2D eigenvalue weighted by molar-refractivity contribution is 1.45. The molecule has 0 unspecified atom stereocenters. The topological polar surface area (TPSA) is 25.8 Å². The molecule has 2 heterocycles. The predicted molar refractivity (Wildman–Crippen MR) is 50.6 cm³/mol. The van der Waals surface area contributed by atoms with Gasteiger partial charge in [-0.05, 0) is 0 Å². The molecule has 2 rings (SSSR count). The Morgan fingerprint density at radius 3 is 1.91 bits per heavy atom. The Morgan fingerprint density at radius 2 is 1.55 bits per heavy atom. The van der Waals surface area contributed by atoms with Crippen molar-refractivity contribution in [2.24, 2.45) is 0 Å². The van der Waals surface area contributed by atoms with Crippen LogP contribution in [0.5, 0.6) is 0 Å². The maximum absolute atomic E-state index is 4.24. The van der Waals surface area contributed by atoms with Crippen molar-refractivity contribution in [3.63, 3.8) is 0 Å². The van der Waals surface area contributed by atoms with Crippen molar-refractivity contribution in [3.05, 3.63) is 23.2 Å². The average Bonchev–Trinajstić information content (AvgIpc) is 2.60. The van der Waals surface area contributed by atoms with E-state index in [1.165, 1.54) is 7.74 Å². The molecule has 54 valence electrons. The van der Waals surface area contributed by atoms with Crippen molar-refractivity contribution in [3.8, 4) is 0 Å². The fraction of sp³-hybridized carbons (Fsp3) is 0. The summed E-state index contributed by atoms with van der Waals surface area (Å²) >= 11 is 3.14. The minimum absolute atomic E-state index is 0.335. The van der Waals surface area contributed by atoms with Gasteiger partial charge in [-0.3, -0.25) is 9.97 Å². The average molecular weight is 196 g/mol.